The van der Waals surface area contributed by atoms with E-state index in [1.165, 1.54) is 12.1 Å². The summed E-state index contributed by atoms with van der Waals surface area (Å²) in [5, 5.41) is 13.3. The van der Waals surface area contributed by atoms with E-state index in [-0.39, 0.29) is 23.5 Å². The van der Waals surface area contributed by atoms with Crippen LogP contribution in [0.2, 0.25) is 0 Å². The molecule has 5 N–H and O–H groups in total. The van der Waals surface area contributed by atoms with Crippen molar-refractivity contribution in [2.75, 3.05) is 12.3 Å². The summed E-state index contributed by atoms with van der Waals surface area (Å²) in [5.74, 6) is -0.480. The average Bonchev–Trinajstić information content (AvgIpc) is 2.28. The summed E-state index contributed by atoms with van der Waals surface area (Å²) in [4.78, 5) is 22.0. The van der Waals surface area contributed by atoms with Crippen LogP contribution < -0.4 is 16.8 Å². The van der Waals surface area contributed by atoms with Crippen molar-refractivity contribution in [3.63, 3.8) is 0 Å². The Morgan fingerprint density at radius 3 is 2.61 bits per heavy atom. The van der Waals surface area contributed by atoms with Crippen molar-refractivity contribution in [1.29, 1.82) is 0 Å². The van der Waals surface area contributed by atoms with Gasteiger partial charge >= 0.3 is 0 Å². The predicted molar refractivity (Wildman–Crippen MR) is 68.1 cm³/mol. The van der Waals surface area contributed by atoms with E-state index < -0.39 is 16.4 Å². The Bertz CT molecular complexity index is 485. The second kappa shape index (κ2) is 5.01. The second-order valence-electron chi connectivity index (χ2n) is 4.57. The smallest absolute Gasteiger partial charge is 0.270 e. The number of carbonyl (C=O) groups is 1. The fourth-order valence-electron chi connectivity index (χ4n) is 1.28. The third kappa shape index (κ3) is 3.17. The van der Waals surface area contributed by atoms with Crippen molar-refractivity contribution in [2.45, 2.75) is 19.4 Å². The molecule has 0 unspecified atom stereocenters. The summed E-state index contributed by atoms with van der Waals surface area (Å²) < 4.78 is 0. The van der Waals surface area contributed by atoms with Crippen molar-refractivity contribution in [1.82, 2.24) is 5.32 Å². The molecule has 0 bridgehead atoms. The van der Waals surface area contributed by atoms with Crippen LogP contribution in [0.25, 0.3) is 0 Å². The molecule has 7 nitrogen and oxygen atoms in total. The van der Waals surface area contributed by atoms with Crippen molar-refractivity contribution in [2.24, 2.45) is 5.73 Å². The van der Waals surface area contributed by atoms with Gasteiger partial charge in [0.1, 0.15) is 0 Å². The van der Waals surface area contributed by atoms with E-state index in [4.69, 9.17) is 11.5 Å². The maximum atomic E-state index is 11.9. The molecule has 0 radical (unpaired) electrons. The van der Waals surface area contributed by atoms with Gasteiger partial charge in [-0.15, -0.1) is 0 Å². The highest BCUT2D eigenvalue weighted by molar-refractivity contribution is 6.00. The van der Waals surface area contributed by atoms with E-state index in [9.17, 15) is 14.9 Å². The van der Waals surface area contributed by atoms with Crippen LogP contribution in [-0.4, -0.2) is 22.9 Å². The number of hydrogen-bond acceptors (Lipinski definition) is 5. The normalized spacial score (nSPS) is 11.1. The standard InChI is InChI=1S/C11H16N4O3/c1-11(2,6-12)14-10(16)8-5-7(15(17)18)3-4-9(8)13/h3-5H,6,12-13H2,1-2H3,(H,14,16). The minimum atomic E-state index is -0.603. The fourth-order valence-corrected chi connectivity index (χ4v) is 1.28. The Morgan fingerprint density at radius 1 is 1.50 bits per heavy atom. The van der Waals surface area contributed by atoms with Crippen LogP contribution in [0, 0.1) is 10.1 Å². The molecule has 0 heterocycles. The van der Waals surface area contributed by atoms with Gasteiger partial charge in [-0.25, -0.2) is 0 Å². The first-order valence-corrected chi connectivity index (χ1v) is 5.33. The van der Waals surface area contributed by atoms with Gasteiger partial charge in [-0.1, -0.05) is 0 Å². The predicted octanol–water partition coefficient (Wildman–Crippen LogP) is 0.644. The highest BCUT2D eigenvalue weighted by atomic mass is 16.6. The lowest BCUT2D eigenvalue weighted by atomic mass is 10.0. The number of non-ortho nitro benzene ring substituents is 1. The molecule has 0 fully saturated rings. The summed E-state index contributed by atoms with van der Waals surface area (Å²) in [6.07, 6.45) is 0. The molecule has 0 aliphatic heterocycles. The summed E-state index contributed by atoms with van der Waals surface area (Å²) in [6.45, 7) is 3.74. The molecule has 0 atom stereocenters. The molecule has 1 aromatic rings. The number of carbonyl (C=O) groups excluding carboxylic acids is 1. The molecule has 0 aliphatic rings. The first-order chi connectivity index (χ1) is 8.26. The van der Waals surface area contributed by atoms with Crippen LogP contribution in [0.3, 0.4) is 0 Å². The van der Waals surface area contributed by atoms with E-state index in [2.05, 4.69) is 5.32 Å². The van der Waals surface area contributed by atoms with E-state index >= 15 is 0 Å². The van der Waals surface area contributed by atoms with E-state index in [0.29, 0.717) is 0 Å². The lowest BCUT2D eigenvalue weighted by Crippen LogP contribution is -2.49. The first-order valence-electron chi connectivity index (χ1n) is 5.33. The lowest BCUT2D eigenvalue weighted by molar-refractivity contribution is -0.384. The summed E-state index contributed by atoms with van der Waals surface area (Å²) >= 11 is 0. The van der Waals surface area contributed by atoms with Gasteiger partial charge in [0.15, 0.2) is 0 Å². The minimum Gasteiger partial charge on any atom is -0.398 e. The van der Waals surface area contributed by atoms with Crippen LogP contribution in [0.4, 0.5) is 11.4 Å². The number of nitro benzene ring substituents is 1. The quantitative estimate of drug-likeness (QED) is 0.412. The Balaban J connectivity index is 3.05. The van der Waals surface area contributed by atoms with Gasteiger partial charge in [-0.2, -0.15) is 0 Å². The SMILES string of the molecule is CC(C)(CN)NC(=O)c1cc([N+](=O)[O-])ccc1N. The minimum absolute atomic E-state index is 0.0747. The molecule has 0 spiro atoms. The van der Waals surface area contributed by atoms with Gasteiger partial charge in [-0.3, -0.25) is 14.9 Å². The van der Waals surface area contributed by atoms with Crippen molar-refractivity contribution in [3.05, 3.63) is 33.9 Å². The number of hydrogen-bond donors (Lipinski definition) is 3. The second-order valence-corrected chi connectivity index (χ2v) is 4.57. The number of nitrogens with two attached hydrogens (primary N) is 2. The molecule has 1 rings (SSSR count). The van der Waals surface area contributed by atoms with E-state index in [1.807, 2.05) is 0 Å². The van der Waals surface area contributed by atoms with E-state index in [0.717, 1.165) is 6.07 Å². The third-order valence-corrected chi connectivity index (χ3v) is 2.45. The van der Waals surface area contributed by atoms with Gasteiger partial charge in [0.05, 0.1) is 10.5 Å². The number of nitro groups is 1. The number of amides is 1. The zero-order valence-electron chi connectivity index (χ0n) is 10.3. The molecular formula is C11H16N4O3. The molecule has 0 aliphatic carbocycles. The maximum Gasteiger partial charge on any atom is 0.270 e. The number of nitrogens with zero attached hydrogens (tertiary/aromatic N) is 1. The molecular weight excluding hydrogens is 236 g/mol. The van der Waals surface area contributed by atoms with Gasteiger partial charge in [0.25, 0.3) is 11.6 Å². The van der Waals surface area contributed by atoms with Crippen LogP contribution in [0.15, 0.2) is 18.2 Å². The molecule has 0 saturated heterocycles. The zero-order valence-corrected chi connectivity index (χ0v) is 10.3. The lowest BCUT2D eigenvalue weighted by Gasteiger charge is -2.24. The van der Waals surface area contributed by atoms with Crippen LogP contribution in [0.1, 0.15) is 24.2 Å². The number of rotatable bonds is 4. The molecule has 0 aromatic heterocycles. The average molecular weight is 252 g/mol. The fraction of sp³-hybridized carbons (Fsp3) is 0.364. The molecule has 1 aromatic carbocycles. The number of nitrogen functional groups attached to an aromatic ring is 1. The maximum absolute atomic E-state index is 11.9. The Kier molecular flexibility index (Phi) is 3.87. The summed E-state index contributed by atoms with van der Waals surface area (Å²) in [7, 11) is 0. The Morgan fingerprint density at radius 2 is 2.11 bits per heavy atom. The van der Waals surface area contributed by atoms with Gasteiger partial charge < -0.3 is 16.8 Å². The van der Waals surface area contributed by atoms with E-state index in [1.54, 1.807) is 13.8 Å². The van der Waals surface area contributed by atoms with Crippen LogP contribution in [0.5, 0.6) is 0 Å². The van der Waals surface area contributed by atoms with Gasteiger partial charge in [-0.05, 0) is 19.9 Å². The van der Waals surface area contributed by atoms with Gasteiger partial charge in [0.2, 0.25) is 0 Å². The third-order valence-electron chi connectivity index (χ3n) is 2.45. The summed E-state index contributed by atoms with van der Waals surface area (Å²) in [5.41, 5.74) is 10.6. The van der Waals surface area contributed by atoms with Crippen molar-refractivity contribution < 1.29 is 9.72 Å². The number of benzene rings is 1. The highest BCUT2D eigenvalue weighted by Crippen LogP contribution is 2.20. The number of anilines is 1. The summed E-state index contributed by atoms with van der Waals surface area (Å²) in [6, 6.07) is 3.74. The van der Waals surface area contributed by atoms with Gasteiger partial charge in [0, 0.05) is 29.9 Å². The van der Waals surface area contributed by atoms with Crippen molar-refractivity contribution >= 4 is 17.3 Å². The largest absolute Gasteiger partial charge is 0.398 e. The first kappa shape index (κ1) is 13.9. The molecule has 7 heteroatoms. The molecule has 1 amide bonds. The highest BCUT2D eigenvalue weighted by Gasteiger charge is 2.22. The number of nitrogens with one attached hydrogen (secondary N) is 1. The van der Waals surface area contributed by atoms with Crippen LogP contribution >= 0.6 is 0 Å². The zero-order chi connectivity index (χ0) is 13.9. The topological polar surface area (TPSA) is 124 Å². The Hall–Kier alpha value is -2.15. The van der Waals surface area contributed by atoms with Crippen LogP contribution in [-0.2, 0) is 0 Å². The monoisotopic (exact) mass is 252 g/mol. The van der Waals surface area contributed by atoms with Crippen molar-refractivity contribution in [3.8, 4) is 0 Å². The molecule has 98 valence electrons. The molecule has 0 saturated carbocycles. The molecule has 18 heavy (non-hydrogen) atoms. The Labute approximate surface area is 104 Å².